The van der Waals surface area contributed by atoms with Crippen LogP contribution in [0, 0.1) is 11.2 Å². The molecule has 0 unspecified atom stereocenters. The molecule has 1 saturated heterocycles. The molecule has 1 aliphatic heterocycles. The fraction of sp³-hybridized carbons (Fsp3) is 0.625. The van der Waals surface area contributed by atoms with Gasteiger partial charge in [0.25, 0.3) is 0 Å². The Morgan fingerprint density at radius 2 is 1.90 bits per heavy atom. The second kappa shape index (κ2) is 6.10. The van der Waals surface area contributed by atoms with Crippen LogP contribution in [-0.2, 0) is 0 Å². The lowest BCUT2D eigenvalue weighted by atomic mass is 9.80. The summed E-state index contributed by atoms with van der Waals surface area (Å²) in [6.07, 6.45) is 0. The number of hydrogen-bond donors (Lipinski definition) is 1. The summed E-state index contributed by atoms with van der Waals surface area (Å²) in [6.45, 7) is 10.7. The van der Waals surface area contributed by atoms with E-state index in [1.54, 1.807) is 7.11 Å². The molecule has 1 heterocycles. The van der Waals surface area contributed by atoms with Crippen LogP contribution in [0.15, 0.2) is 18.2 Å². The summed E-state index contributed by atoms with van der Waals surface area (Å²) >= 11 is 0. The number of hydrogen-bond acceptors (Lipinski definition) is 3. The maximum Gasteiger partial charge on any atom is 0.126 e. The molecule has 1 aromatic carbocycles. The van der Waals surface area contributed by atoms with Gasteiger partial charge < -0.3 is 10.1 Å². The monoisotopic (exact) mass is 280 g/mol. The van der Waals surface area contributed by atoms with Gasteiger partial charge in [-0.15, -0.1) is 0 Å². The fourth-order valence-electron chi connectivity index (χ4n) is 3.06. The van der Waals surface area contributed by atoms with Gasteiger partial charge in [-0.1, -0.05) is 26.8 Å². The van der Waals surface area contributed by atoms with Crippen molar-refractivity contribution in [2.75, 3.05) is 33.3 Å². The van der Waals surface area contributed by atoms with Gasteiger partial charge >= 0.3 is 0 Å². The summed E-state index contributed by atoms with van der Waals surface area (Å²) in [5.41, 5.74) is 1.13. The minimum absolute atomic E-state index is 0.0580. The van der Waals surface area contributed by atoms with Crippen molar-refractivity contribution in [2.45, 2.75) is 26.8 Å². The van der Waals surface area contributed by atoms with Gasteiger partial charge in [-0.25, -0.2) is 4.39 Å². The van der Waals surface area contributed by atoms with Crippen LogP contribution in [0.25, 0.3) is 0 Å². The van der Waals surface area contributed by atoms with Crippen molar-refractivity contribution in [1.29, 1.82) is 0 Å². The maximum atomic E-state index is 13.4. The largest absolute Gasteiger partial charge is 0.496 e. The highest BCUT2D eigenvalue weighted by Gasteiger charge is 2.34. The maximum absolute atomic E-state index is 13.4. The van der Waals surface area contributed by atoms with E-state index in [1.165, 1.54) is 12.1 Å². The van der Waals surface area contributed by atoms with Crippen LogP contribution in [-0.4, -0.2) is 38.2 Å². The van der Waals surface area contributed by atoms with E-state index in [9.17, 15) is 4.39 Å². The molecule has 0 radical (unpaired) electrons. The first kappa shape index (κ1) is 15.3. The van der Waals surface area contributed by atoms with E-state index < -0.39 is 0 Å². The second-order valence-electron chi connectivity index (χ2n) is 6.44. The van der Waals surface area contributed by atoms with E-state index in [4.69, 9.17) is 4.74 Å². The van der Waals surface area contributed by atoms with Crippen molar-refractivity contribution < 1.29 is 9.13 Å². The Hall–Kier alpha value is -1.13. The molecule has 0 saturated carbocycles. The second-order valence-corrected chi connectivity index (χ2v) is 6.44. The predicted molar refractivity (Wildman–Crippen MR) is 79.6 cm³/mol. The average molecular weight is 280 g/mol. The third-order valence-electron chi connectivity index (χ3n) is 3.83. The number of nitrogens with zero attached hydrogens (tertiary/aromatic N) is 1. The van der Waals surface area contributed by atoms with Crippen LogP contribution in [0.1, 0.15) is 32.4 Å². The highest BCUT2D eigenvalue weighted by atomic mass is 19.1. The summed E-state index contributed by atoms with van der Waals surface area (Å²) in [5.74, 6) is 0.391. The molecule has 2 rings (SSSR count). The number of ether oxygens (including phenoxy) is 1. The van der Waals surface area contributed by atoms with Gasteiger partial charge in [0, 0.05) is 43.9 Å². The van der Waals surface area contributed by atoms with E-state index in [2.05, 4.69) is 31.0 Å². The number of methoxy groups -OCH3 is 1. The lowest BCUT2D eigenvalue weighted by molar-refractivity contribution is 0.0841. The van der Waals surface area contributed by atoms with Crippen molar-refractivity contribution >= 4 is 0 Å². The summed E-state index contributed by atoms with van der Waals surface area (Å²) < 4.78 is 18.8. The van der Waals surface area contributed by atoms with Crippen molar-refractivity contribution in [1.82, 2.24) is 10.2 Å². The summed E-state index contributed by atoms with van der Waals surface area (Å²) in [6, 6.07) is 5.10. The molecular weight excluding hydrogens is 255 g/mol. The van der Waals surface area contributed by atoms with E-state index in [0.29, 0.717) is 5.75 Å². The van der Waals surface area contributed by atoms with Crippen molar-refractivity contribution in [3.05, 3.63) is 29.6 Å². The topological polar surface area (TPSA) is 24.5 Å². The fourth-order valence-corrected chi connectivity index (χ4v) is 3.06. The summed E-state index contributed by atoms with van der Waals surface area (Å²) in [5, 5.41) is 3.38. The number of piperazine rings is 1. The molecule has 1 aliphatic rings. The lowest BCUT2D eigenvalue weighted by Gasteiger charge is -2.43. The molecule has 0 aromatic heterocycles. The van der Waals surface area contributed by atoms with E-state index in [0.717, 1.165) is 31.7 Å². The summed E-state index contributed by atoms with van der Waals surface area (Å²) in [4.78, 5) is 2.46. The predicted octanol–water partition coefficient (Wildman–Crippen LogP) is 2.83. The van der Waals surface area contributed by atoms with E-state index in [-0.39, 0.29) is 17.3 Å². The lowest BCUT2D eigenvalue weighted by Crippen LogP contribution is -2.48. The Morgan fingerprint density at radius 3 is 2.45 bits per heavy atom. The van der Waals surface area contributed by atoms with Gasteiger partial charge in [0.1, 0.15) is 11.6 Å². The van der Waals surface area contributed by atoms with Gasteiger partial charge in [0.05, 0.1) is 7.11 Å². The minimum atomic E-state index is -0.251. The smallest absolute Gasteiger partial charge is 0.126 e. The molecule has 0 aliphatic carbocycles. The van der Waals surface area contributed by atoms with Crippen molar-refractivity contribution in [2.24, 2.45) is 5.41 Å². The highest BCUT2D eigenvalue weighted by Crippen LogP contribution is 2.42. The zero-order valence-electron chi connectivity index (χ0n) is 12.9. The number of benzene rings is 1. The van der Waals surface area contributed by atoms with Crippen LogP contribution < -0.4 is 10.1 Å². The minimum Gasteiger partial charge on any atom is -0.496 e. The molecule has 1 N–H and O–H groups in total. The zero-order chi connectivity index (χ0) is 14.8. The number of rotatable bonds is 3. The first-order valence-corrected chi connectivity index (χ1v) is 7.21. The molecule has 1 atom stereocenters. The third-order valence-corrected chi connectivity index (χ3v) is 3.83. The number of halogens is 1. The quantitative estimate of drug-likeness (QED) is 0.921. The van der Waals surface area contributed by atoms with Gasteiger partial charge in [0.2, 0.25) is 0 Å². The SMILES string of the molecule is COc1cc(F)ccc1[C@H](N1CCNCC1)C(C)(C)C. The van der Waals surface area contributed by atoms with Crippen molar-refractivity contribution in [3.8, 4) is 5.75 Å². The van der Waals surface area contributed by atoms with Crippen molar-refractivity contribution in [3.63, 3.8) is 0 Å². The molecule has 0 bridgehead atoms. The van der Waals surface area contributed by atoms with Crippen LogP contribution >= 0.6 is 0 Å². The summed E-state index contributed by atoms with van der Waals surface area (Å²) in [7, 11) is 1.61. The van der Waals surface area contributed by atoms with E-state index in [1.807, 2.05) is 6.07 Å². The van der Waals surface area contributed by atoms with Crippen LogP contribution in [0.2, 0.25) is 0 Å². The number of nitrogens with one attached hydrogen (secondary N) is 1. The Balaban J connectivity index is 2.40. The van der Waals surface area contributed by atoms with Gasteiger partial charge in [0.15, 0.2) is 0 Å². The molecule has 4 heteroatoms. The Morgan fingerprint density at radius 1 is 1.25 bits per heavy atom. The average Bonchev–Trinajstić information content (AvgIpc) is 2.40. The molecular formula is C16H25FN2O. The molecule has 1 fully saturated rings. The molecule has 1 aromatic rings. The van der Waals surface area contributed by atoms with Crippen LogP contribution in [0.4, 0.5) is 4.39 Å². The van der Waals surface area contributed by atoms with E-state index >= 15 is 0 Å². The molecule has 20 heavy (non-hydrogen) atoms. The Kier molecular flexibility index (Phi) is 4.66. The Labute approximate surface area is 121 Å². The Bertz CT molecular complexity index is 450. The zero-order valence-corrected chi connectivity index (χ0v) is 12.9. The molecule has 0 amide bonds. The standard InChI is InChI=1S/C16H25FN2O/c1-16(2,3)15(19-9-7-18-8-10-19)13-6-5-12(17)11-14(13)20-4/h5-6,11,15,18H,7-10H2,1-4H3/t15-/m0/s1. The molecule has 0 spiro atoms. The van der Waals surface area contributed by atoms with Crippen LogP contribution in [0.5, 0.6) is 5.75 Å². The van der Waals surface area contributed by atoms with Gasteiger partial charge in [-0.2, -0.15) is 0 Å². The highest BCUT2D eigenvalue weighted by molar-refractivity contribution is 5.37. The third kappa shape index (κ3) is 3.30. The molecule has 112 valence electrons. The van der Waals surface area contributed by atoms with Crippen LogP contribution in [0.3, 0.4) is 0 Å². The first-order valence-electron chi connectivity index (χ1n) is 7.21. The van der Waals surface area contributed by atoms with Gasteiger partial charge in [-0.3, -0.25) is 4.90 Å². The molecule has 3 nitrogen and oxygen atoms in total. The normalized spacial score (nSPS) is 18.9. The van der Waals surface area contributed by atoms with Gasteiger partial charge in [-0.05, 0) is 11.5 Å². The first-order chi connectivity index (χ1) is 9.43.